The number of rotatable bonds is 8. The first-order valence-electron chi connectivity index (χ1n) is 9.22. The molecule has 2 aromatic rings. The van der Waals surface area contributed by atoms with Crippen molar-refractivity contribution in [2.45, 2.75) is 58.7 Å². The molecule has 0 spiro atoms. The van der Waals surface area contributed by atoms with Gasteiger partial charge in [-0.3, -0.25) is 0 Å². The highest BCUT2D eigenvalue weighted by Gasteiger charge is 2.36. The van der Waals surface area contributed by atoms with Crippen LogP contribution in [0.1, 0.15) is 39.9 Å². The third-order valence-corrected chi connectivity index (χ3v) is 9.49. The summed E-state index contributed by atoms with van der Waals surface area (Å²) >= 11 is 0. The van der Waals surface area contributed by atoms with Crippen LogP contribution in [0.25, 0.3) is 5.69 Å². The molecule has 0 aliphatic carbocycles. The zero-order valence-electron chi connectivity index (χ0n) is 16.8. The van der Waals surface area contributed by atoms with Crippen LogP contribution >= 0.6 is 0 Å². The van der Waals surface area contributed by atoms with Crippen LogP contribution in [0, 0.1) is 0 Å². The van der Waals surface area contributed by atoms with Gasteiger partial charge in [-0.25, -0.2) is 9.36 Å². The standard InChI is InChI=1S/C20H31NO4Si/c1-7-23-17-12-10-16(11-13-17)21-15-18(25-19(21)22)9-8-14-24-26(5,6)20(2,3)4/h10-13,15H,7-9,14H2,1-6H3. The largest absolute Gasteiger partial charge is 0.494 e. The molecule has 0 aliphatic rings. The number of nitrogens with zero attached hydrogens (tertiary/aromatic N) is 1. The van der Waals surface area contributed by atoms with Gasteiger partial charge in [0.05, 0.1) is 18.5 Å². The third kappa shape index (κ3) is 5.11. The van der Waals surface area contributed by atoms with Crippen LogP contribution in [0.2, 0.25) is 18.1 Å². The second-order valence-electron chi connectivity index (χ2n) is 7.97. The predicted molar refractivity (Wildman–Crippen MR) is 107 cm³/mol. The Morgan fingerprint density at radius 3 is 2.38 bits per heavy atom. The molecule has 0 fully saturated rings. The number of ether oxygens (including phenoxy) is 1. The van der Waals surface area contributed by atoms with Gasteiger partial charge in [0.15, 0.2) is 8.32 Å². The van der Waals surface area contributed by atoms with E-state index in [9.17, 15) is 4.79 Å². The number of aryl methyl sites for hydroxylation is 1. The lowest BCUT2D eigenvalue weighted by Crippen LogP contribution is -2.41. The van der Waals surface area contributed by atoms with Crippen LogP contribution < -0.4 is 10.5 Å². The van der Waals surface area contributed by atoms with Crippen molar-refractivity contribution < 1.29 is 13.6 Å². The molecule has 26 heavy (non-hydrogen) atoms. The molecule has 6 heteroatoms. The second-order valence-corrected chi connectivity index (χ2v) is 12.8. The first kappa shape index (κ1) is 20.5. The Morgan fingerprint density at radius 2 is 1.81 bits per heavy atom. The molecule has 144 valence electrons. The molecule has 1 aromatic carbocycles. The van der Waals surface area contributed by atoms with Gasteiger partial charge in [-0.2, -0.15) is 0 Å². The van der Waals surface area contributed by atoms with Gasteiger partial charge in [0, 0.05) is 13.0 Å². The van der Waals surface area contributed by atoms with Crippen LogP contribution in [-0.2, 0) is 10.8 Å². The van der Waals surface area contributed by atoms with Crippen molar-refractivity contribution in [3.8, 4) is 11.4 Å². The van der Waals surface area contributed by atoms with Crippen molar-refractivity contribution in [2.75, 3.05) is 13.2 Å². The summed E-state index contributed by atoms with van der Waals surface area (Å²) in [5.74, 6) is 1.10. The quantitative estimate of drug-likeness (QED) is 0.490. The molecule has 0 radical (unpaired) electrons. The van der Waals surface area contributed by atoms with Crippen molar-refractivity contribution in [2.24, 2.45) is 0 Å². The summed E-state index contributed by atoms with van der Waals surface area (Å²) in [6.07, 6.45) is 3.29. The molecular formula is C20H31NO4Si. The molecule has 0 unspecified atom stereocenters. The average Bonchev–Trinajstić information content (AvgIpc) is 2.92. The van der Waals surface area contributed by atoms with E-state index >= 15 is 0 Å². The fourth-order valence-corrected chi connectivity index (χ4v) is 3.43. The van der Waals surface area contributed by atoms with Crippen molar-refractivity contribution >= 4 is 8.32 Å². The summed E-state index contributed by atoms with van der Waals surface area (Å²) in [5.41, 5.74) is 0.769. The fraction of sp³-hybridized carbons (Fsp3) is 0.550. The summed E-state index contributed by atoms with van der Waals surface area (Å²) in [6.45, 7) is 14.4. The molecule has 0 bridgehead atoms. The van der Waals surface area contributed by atoms with Gasteiger partial charge in [0.1, 0.15) is 11.5 Å². The van der Waals surface area contributed by atoms with E-state index in [2.05, 4.69) is 33.9 Å². The zero-order valence-corrected chi connectivity index (χ0v) is 17.8. The number of hydrogen-bond acceptors (Lipinski definition) is 4. The number of benzene rings is 1. The average molecular weight is 378 g/mol. The number of oxazole rings is 1. The van der Waals surface area contributed by atoms with E-state index in [1.807, 2.05) is 31.2 Å². The maximum Gasteiger partial charge on any atom is 0.423 e. The van der Waals surface area contributed by atoms with E-state index in [0.29, 0.717) is 25.4 Å². The molecule has 0 aliphatic heterocycles. The molecule has 5 nitrogen and oxygen atoms in total. The lowest BCUT2D eigenvalue weighted by Gasteiger charge is -2.36. The maximum absolute atomic E-state index is 12.1. The first-order chi connectivity index (χ1) is 12.1. The van der Waals surface area contributed by atoms with Crippen LogP contribution in [0.5, 0.6) is 5.75 Å². The van der Waals surface area contributed by atoms with E-state index in [1.165, 1.54) is 4.57 Å². The Kier molecular flexibility index (Phi) is 6.52. The van der Waals surface area contributed by atoms with Gasteiger partial charge in [-0.15, -0.1) is 0 Å². The van der Waals surface area contributed by atoms with Crippen molar-refractivity contribution in [1.29, 1.82) is 0 Å². The highest BCUT2D eigenvalue weighted by Crippen LogP contribution is 2.36. The van der Waals surface area contributed by atoms with E-state index in [-0.39, 0.29) is 10.8 Å². The molecule has 1 heterocycles. The van der Waals surface area contributed by atoms with Gasteiger partial charge in [0.25, 0.3) is 0 Å². The molecule has 0 amide bonds. The molecule has 0 atom stereocenters. The summed E-state index contributed by atoms with van der Waals surface area (Å²) in [6, 6.07) is 7.41. The van der Waals surface area contributed by atoms with Crippen molar-refractivity contribution in [3.63, 3.8) is 0 Å². The SMILES string of the molecule is CCOc1ccc(-n2cc(CCCO[Si](C)(C)C(C)(C)C)oc2=O)cc1. The predicted octanol–water partition coefficient (Wildman–Crippen LogP) is 4.78. The van der Waals surface area contributed by atoms with E-state index < -0.39 is 8.32 Å². The molecule has 0 N–H and O–H groups in total. The summed E-state index contributed by atoms with van der Waals surface area (Å²) in [7, 11) is -1.72. The fourth-order valence-electron chi connectivity index (χ4n) is 2.34. The lowest BCUT2D eigenvalue weighted by molar-refractivity contribution is 0.278. The Hall–Kier alpha value is -1.79. The minimum atomic E-state index is -1.72. The number of aromatic nitrogens is 1. The maximum atomic E-state index is 12.1. The Bertz CT molecular complexity index is 753. The van der Waals surface area contributed by atoms with E-state index in [1.54, 1.807) is 6.20 Å². The van der Waals surface area contributed by atoms with Gasteiger partial charge in [-0.1, -0.05) is 20.8 Å². The number of hydrogen-bond donors (Lipinski definition) is 0. The first-order valence-corrected chi connectivity index (χ1v) is 12.1. The topological polar surface area (TPSA) is 53.6 Å². The molecular weight excluding hydrogens is 346 g/mol. The van der Waals surface area contributed by atoms with Gasteiger partial charge < -0.3 is 13.6 Å². The molecule has 0 saturated carbocycles. The van der Waals surface area contributed by atoms with E-state index in [0.717, 1.165) is 17.9 Å². The van der Waals surface area contributed by atoms with Crippen molar-refractivity contribution in [3.05, 3.63) is 46.8 Å². The lowest BCUT2D eigenvalue weighted by atomic mass is 10.2. The minimum absolute atomic E-state index is 0.205. The van der Waals surface area contributed by atoms with Gasteiger partial charge in [0.2, 0.25) is 0 Å². The normalized spacial score (nSPS) is 12.4. The molecule has 1 aromatic heterocycles. The summed E-state index contributed by atoms with van der Waals surface area (Å²) in [4.78, 5) is 12.1. The van der Waals surface area contributed by atoms with Crippen LogP contribution in [0.15, 0.2) is 39.7 Å². The van der Waals surface area contributed by atoms with Crippen LogP contribution in [0.3, 0.4) is 0 Å². The zero-order chi connectivity index (χ0) is 19.4. The third-order valence-electron chi connectivity index (χ3n) is 4.95. The Labute approximate surface area is 157 Å². The van der Waals surface area contributed by atoms with E-state index in [4.69, 9.17) is 13.6 Å². The van der Waals surface area contributed by atoms with Gasteiger partial charge >= 0.3 is 5.76 Å². The smallest absolute Gasteiger partial charge is 0.423 e. The summed E-state index contributed by atoms with van der Waals surface area (Å²) in [5, 5.41) is 0.205. The van der Waals surface area contributed by atoms with Crippen LogP contribution in [-0.4, -0.2) is 26.1 Å². The van der Waals surface area contributed by atoms with Crippen molar-refractivity contribution in [1.82, 2.24) is 4.57 Å². The highest BCUT2D eigenvalue weighted by molar-refractivity contribution is 6.74. The summed E-state index contributed by atoms with van der Waals surface area (Å²) < 4.78 is 18.5. The second kappa shape index (κ2) is 8.27. The minimum Gasteiger partial charge on any atom is -0.494 e. The Balaban J connectivity index is 1.95. The molecule has 0 saturated heterocycles. The Morgan fingerprint density at radius 1 is 1.15 bits per heavy atom. The molecule has 2 rings (SSSR count). The highest BCUT2D eigenvalue weighted by atomic mass is 28.4. The van der Waals surface area contributed by atoms with Crippen LogP contribution in [0.4, 0.5) is 0 Å². The monoisotopic (exact) mass is 377 g/mol. The van der Waals surface area contributed by atoms with Gasteiger partial charge in [-0.05, 0) is 55.7 Å².